The molecular weight excluding hydrogens is 983 g/mol. The number of halogens is 2. The molecule has 0 atom stereocenters. The van der Waals surface area contributed by atoms with Crippen molar-refractivity contribution >= 4 is 58.5 Å². The van der Waals surface area contributed by atoms with Crippen molar-refractivity contribution in [3.05, 3.63) is 229 Å². The first-order valence-electron chi connectivity index (χ1n) is 25.0. The van der Waals surface area contributed by atoms with E-state index in [2.05, 4.69) is 228 Å². The van der Waals surface area contributed by atoms with Crippen molar-refractivity contribution in [2.75, 3.05) is 0 Å². The Hall–Kier alpha value is -5.34. The largest absolute Gasteiger partial charge is 0.184 e. The standard InChI is InChI=1S/2C27H27.C12H7Si.2ClH.Zr/c2*1-3-5-11-20-18-23-16-17-25(22-13-7-6-8-14-22)27(26(23)19-20)24-15-10-9-12-21(24)4-2;1-3-7-11-9(5-1)10-6-2-4-8-12(10)13-11;;;/h2*6-10,12-19H,3-5,11H2,1-2H3;1-7H;2*1H;/q3*-1;;;+2/p-2. The van der Waals surface area contributed by atoms with Gasteiger partial charge in [-0.15, -0.1) is 62.5 Å². The van der Waals surface area contributed by atoms with Crippen LogP contribution in [0.15, 0.2) is 200 Å². The fraction of sp³-hybridized carbons (Fsp3) is 0.182. The number of benzene rings is 8. The second-order valence-corrected chi connectivity index (χ2v) is 22.9. The summed E-state index contributed by atoms with van der Waals surface area (Å²) < 4.78 is 0. The van der Waals surface area contributed by atoms with Crippen LogP contribution in [0.1, 0.15) is 75.6 Å². The van der Waals surface area contributed by atoms with Gasteiger partial charge in [0.05, 0.1) is 9.52 Å². The molecule has 11 rings (SSSR count). The van der Waals surface area contributed by atoms with Gasteiger partial charge in [0.15, 0.2) is 0 Å². The summed E-state index contributed by atoms with van der Waals surface area (Å²) in [4.78, 5) is 0. The molecule has 0 bridgehead atoms. The zero-order valence-corrected chi connectivity index (χ0v) is 45.9. The first kappa shape index (κ1) is 51.0. The summed E-state index contributed by atoms with van der Waals surface area (Å²) >= 11 is -0.826. The van der Waals surface area contributed by atoms with Crippen LogP contribution in [0.2, 0.25) is 0 Å². The van der Waals surface area contributed by atoms with E-state index in [1.54, 1.807) is 0 Å². The van der Waals surface area contributed by atoms with E-state index in [0.717, 1.165) is 22.4 Å². The molecule has 0 unspecified atom stereocenters. The van der Waals surface area contributed by atoms with E-state index in [4.69, 9.17) is 17.0 Å². The van der Waals surface area contributed by atoms with Crippen molar-refractivity contribution in [1.29, 1.82) is 0 Å². The summed E-state index contributed by atoms with van der Waals surface area (Å²) in [5.41, 5.74) is 19.3. The van der Waals surface area contributed by atoms with Crippen LogP contribution in [0.5, 0.6) is 0 Å². The number of rotatable bonds is 12. The second kappa shape index (κ2) is 25.7. The minimum absolute atomic E-state index is 0.795. The van der Waals surface area contributed by atoms with E-state index in [1.807, 2.05) is 6.07 Å². The second-order valence-electron chi connectivity index (χ2n) is 17.9. The maximum absolute atomic E-state index is 4.93. The van der Waals surface area contributed by atoms with Gasteiger partial charge in [0.1, 0.15) is 0 Å². The van der Waals surface area contributed by atoms with Gasteiger partial charge in [-0.05, 0) is 70.2 Å². The minimum atomic E-state index is -0.826. The van der Waals surface area contributed by atoms with Crippen molar-refractivity contribution < 1.29 is 20.8 Å². The van der Waals surface area contributed by atoms with Crippen LogP contribution >= 0.6 is 17.0 Å². The van der Waals surface area contributed by atoms with Crippen molar-refractivity contribution in [2.45, 2.75) is 79.1 Å². The molecule has 4 heteroatoms. The van der Waals surface area contributed by atoms with E-state index in [1.165, 1.54) is 148 Å². The van der Waals surface area contributed by atoms with Gasteiger partial charge in [-0.1, -0.05) is 221 Å². The Morgan fingerprint density at radius 1 is 0.457 bits per heavy atom. The van der Waals surface area contributed by atoms with E-state index in [-0.39, 0.29) is 0 Å². The first-order chi connectivity index (χ1) is 34.5. The Labute approximate surface area is 439 Å². The molecule has 0 aromatic heterocycles. The van der Waals surface area contributed by atoms with Gasteiger partial charge in [0, 0.05) is 0 Å². The summed E-state index contributed by atoms with van der Waals surface area (Å²) in [6, 6.07) is 76.4. The molecule has 0 aliphatic carbocycles. The molecule has 70 heavy (non-hydrogen) atoms. The predicted octanol–water partition coefficient (Wildman–Crippen LogP) is 18.1. The van der Waals surface area contributed by atoms with Crippen LogP contribution in [0, 0.1) is 6.07 Å². The van der Waals surface area contributed by atoms with E-state index >= 15 is 0 Å². The summed E-state index contributed by atoms with van der Waals surface area (Å²) in [5, 5.41) is 8.33. The molecule has 0 N–H and O–H groups in total. The maximum atomic E-state index is 4.93. The van der Waals surface area contributed by atoms with Crippen molar-refractivity contribution in [1.82, 2.24) is 0 Å². The molecule has 0 saturated heterocycles. The first-order valence-corrected chi connectivity index (χ1v) is 32.4. The molecule has 1 aliphatic rings. The fourth-order valence-corrected chi connectivity index (χ4v) is 11.2. The van der Waals surface area contributed by atoms with Crippen molar-refractivity contribution in [2.24, 2.45) is 0 Å². The topological polar surface area (TPSA) is 0 Å². The monoisotopic (exact) mass is 1040 g/mol. The van der Waals surface area contributed by atoms with Gasteiger partial charge in [0.25, 0.3) is 0 Å². The summed E-state index contributed by atoms with van der Waals surface area (Å²) in [7, 11) is 10.7. The third kappa shape index (κ3) is 12.0. The van der Waals surface area contributed by atoms with Gasteiger partial charge < -0.3 is 0 Å². The van der Waals surface area contributed by atoms with Crippen LogP contribution in [-0.4, -0.2) is 9.52 Å². The molecule has 350 valence electrons. The number of hydrogen-bond acceptors (Lipinski definition) is 0. The maximum Gasteiger partial charge on any atom is 0.0920 e. The fourth-order valence-electron chi connectivity index (χ4n) is 9.91. The van der Waals surface area contributed by atoms with E-state index in [0.29, 0.717) is 0 Å². The quantitative estimate of drug-likeness (QED) is 0.0845. The molecule has 1 aliphatic heterocycles. The smallest absolute Gasteiger partial charge is 0.0920 e. The molecule has 2 radical (unpaired) electrons. The van der Waals surface area contributed by atoms with E-state index in [9.17, 15) is 0 Å². The summed E-state index contributed by atoms with van der Waals surface area (Å²) in [5.74, 6) is 0. The van der Waals surface area contributed by atoms with Gasteiger partial charge >= 0.3 is 37.9 Å². The zero-order chi connectivity index (χ0) is 48.7. The van der Waals surface area contributed by atoms with Gasteiger partial charge in [-0.2, -0.15) is 41.6 Å². The Bertz CT molecular complexity index is 3020. The molecule has 0 nitrogen and oxygen atoms in total. The number of aryl methyl sites for hydroxylation is 4. The average Bonchev–Trinajstić information content (AvgIpc) is 4.15. The third-order valence-electron chi connectivity index (χ3n) is 13.4. The van der Waals surface area contributed by atoms with E-state index < -0.39 is 20.8 Å². The van der Waals surface area contributed by atoms with Crippen LogP contribution in [0.25, 0.3) is 77.2 Å². The SMILES string of the molecule is CCCCc1cc2c(-c3ccccc3CC)c(-c3ccccc3)ccc2[cH-]1.CCCCc1cc2c(-c3ccccc3CC)c(-c3ccccc3)ccc2[cH-]1.[Cl][Zr][Cl].[c-]1cccc2c1[Si]c1ccccc1-2. The summed E-state index contributed by atoms with van der Waals surface area (Å²) in [6.45, 7) is 9.02. The van der Waals surface area contributed by atoms with Crippen LogP contribution in [-0.2, 0) is 46.5 Å². The van der Waals surface area contributed by atoms with Crippen LogP contribution in [0.4, 0.5) is 0 Å². The Morgan fingerprint density at radius 3 is 1.36 bits per heavy atom. The van der Waals surface area contributed by atoms with Gasteiger partial charge in [-0.25, -0.2) is 0 Å². The van der Waals surface area contributed by atoms with Crippen molar-refractivity contribution in [3.63, 3.8) is 0 Å². The molecular formula is C66H61Cl2SiZr-3. The van der Waals surface area contributed by atoms with Gasteiger partial charge in [-0.3, -0.25) is 0 Å². The minimum Gasteiger partial charge on any atom is -0.184 e. The normalized spacial score (nSPS) is 11.1. The predicted molar refractivity (Wildman–Crippen MR) is 304 cm³/mol. The number of hydrogen-bond donors (Lipinski definition) is 0. The molecule has 1 heterocycles. The Morgan fingerprint density at radius 2 is 0.886 bits per heavy atom. The Kier molecular flexibility index (Phi) is 18.7. The molecule has 0 spiro atoms. The number of fused-ring (bicyclic) bond motifs is 5. The molecule has 10 aromatic rings. The zero-order valence-electron chi connectivity index (χ0n) is 41.0. The third-order valence-corrected chi connectivity index (χ3v) is 14.7. The van der Waals surface area contributed by atoms with Gasteiger partial charge in [0.2, 0.25) is 0 Å². The molecule has 10 aromatic carbocycles. The van der Waals surface area contributed by atoms with Crippen molar-refractivity contribution in [3.8, 4) is 55.6 Å². The summed E-state index contributed by atoms with van der Waals surface area (Å²) in [6.07, 6.45) is 9.41. The van der Waals surface area contributed by atoms with Crippen LogP contribution in [0.3, 0.4) is 0 Å². The number of unbranched alkanes of at least 4 members (excludes halogenated alkanes) is 2. The van der Waals surface area contributed by atoms with Crippen LogP contribution < -0.4 is 10.4 Å². The molecule has 0 saturated carbocycles. The molecule has 0 fully saturated rings. The Balaban J connectivity index is 0.000000144. The average molecular weight is 1040 g/mol. The molecule has 0 amide bonds.